The number of carbonyl (C=O) groups excluding carboxylic acids is 1. The van der Waals surface area contributed by atoms with Gasteiger partial charge in [-0.15, -0.1) is 0 Å². The van der Waals surface area contributed by atoms with Gasteiger partial charge in [-0.05, 0) is 44.0 Å². The first-order valence-electron chi connectivity index (χ1n) is 6.27. The Morgan fingerprint density at radius 1 is 0.895 bits per heavy atom. The van der Waals surface area contributed by atoms with Crippen molar-refractivity contribution in [2.75, 3.05) is 10.6 Å². The first-order valence-corrected chi connectivity index (χ1v) is 6.27. The number of aryl methyl sites for hydroxylation is 3. The molecule has 0 radical (unpaired) electrons. The number of amides is 2. The molecule has 2 aromatic rings. The van der Waals surface area contributed by atoms with Crippen LogP contribution in [0, 0.1) is 20.8 Å². The highest BCUT2D eigenvalue weighted by Crippen LogP contribution is 2.22. The zero-order valence-electron chi connectivity index (χ0n) is 11.4. The zero-order chi connectivity index (χ0) is 13.8. The van der Waals surface area contributed by atoms with Crippen LogP contribution in [-0.2, 0) is 0 Å². The van der Waals surface area contributed by atoms with Gasteiger partial charge in [0.1, 0.15) is 0 Å². The molecule has 3 heteroatoms. The molecule has 2 N–H and O–H groups in total. The third-order valence-corrected chi connectivity index (χ3v) is 2.95. The quantitative estimate of drug-likeness (QED) is 0.826. The van der Waals surface area contributed by atoms with Gasteiger partial charge >= 0.3 is 6.03 Å². The number of para-hydroxylation sites is 1. The van der Waals surface area contributed by atoms with E-state index in [-0.39, 0.29) is 6.03 Å². The average Bonchev–Trinajstić information content (AvgIpc) is 2.35. The lowest BCUT2D eigenvalue weighted by atomic mass is 10.1. The van der Waals surface area contributed by atoms with Crippen molar-refractivity contribution in [3.63, 3.8) is 0 Å². The van der Waals surface area contributed by atoms with Crippen LogP contribution in [0.3, 0.4) is 0 Å². The molecule has 0 saturated carbocycles. The van der Waals surface area contributed by atoms with Crippen molar-refractivity contribution in [3.05, 3.63) is 59.2 Å². The molecule has 3 nitrogen and oxygen atoms in total. The largest absolute Gasteiger partial charge is 0.323 e. The fraction of sp³-hybridized carbons (Fsp3) is 0.188. The fourth-order valence-electron chi connectivity index (χ4n) is 2.17. The molecular weight excluding hydrogens is 236 g/mol. The Hall–Kier alpha value is -2.29. The summed E-state index contributed by atoms with van der Waals surface area (Å²) in [5.74, 6) is 0. The standard InChI is InChI=1S/C16H18N2O/c1-11-9-12(2)15(13(3)10-11)18-16(19)17-14-7-5-4-6-8-14/h4-10H,1-3H3,(H2,17,18,19). The zero-order valence-corrected chi connectivity index (χ0v) is 11.4. The fourth-order valence-corrected chi connectivity index (χ4v) is 2.17. The van der Waals surface area contributed by atoms with E-state index >= 15 is 0 Å². The minimum atomic E-state index is -0.221. The van der Waals surface area contributed by atoms with E-state index in [1.165, 1.54) is 5.56 Å². The Bertz CT molecular complexity index is 568. The maximum atomic E-state index is 11.9. The Morgan fingerprint density at radius 3 is 2.05 bits per heavy atom. The van der Waals surface area contributed by atoms with Gasteiger partial charge < -0.3 is 10.6 Å². The number of hydrogen-bond acceptors (Lipinski definition) is 1. The van der Waals surface area contributed by atoms with E-state index in [1.54, 1.807) is 0 Å². The second-order valence-corrected chi connectivity index (χ2v) is 4.72. The molecule has 0 saturated heterocycles. The Morgan fingerprint density at radius 2 is 1.47 bits per heavy atom. The second-order valence-electron chi connectivity index (χ2n) is 4.72. The van der Waals surface area contributed by atoms with Gasteiger partial charge in [0.2, 0.25) is 0 Å². The number of anilines is 2. The minimum absolute atomic E-state index is 0.221. The van der Waals surface area contributed by atoms with Crippen LogP contribution in [0.25, 0.3) is 0 Å². The Balaban J connectivity index is 2.12. The van der Waals surface area contributed by atoms with Crippen molar-refractivity contribution in [1.82, 2.24) is 0 Å². The summed E-state index contributed by atoms with van der Waals surface area (Å²) in [6.45, 7) is 6.05. The molecule has 0 unspecified atom stereocenters. The molecule has 98 valence electrons. The first-order chi connectivity index (χ1) is 9.06. The summed E-state index contributed by atoms with van der Waals surface area (Å²) >= 11 is 0. The summed E-state index contributed by atoms with van der Waals surface area (Å²) in [7, 11) is 0. The summed E-state index contributed by atoms with van der Waals surface area (Å²) in [5, 5.41) is 5.71. The highest BCUT2D eigenvalue weighted by molar-refractivity contribution is 6.00. The molecule has 0 aliphatic rings. The average molecular weight is 254 g/mol. The van der Waals surface area contributed by atoms with Gasteiger partial charge in [-0.2, -0.15) is 0 Å². The maximum absolute atomic E-state index is 11.9. The Kier molecular flexibility index (Phi) is 3.85. The molecule has 2 rings (SSSR count). The number of urea groups is 1. The van der Waals surface area contributed by atoms with E-state index in [1.807, 2.05) is 51.1 Å². The summed E-state index contributed by atoms with van der Waals surface area (Å²) in [4.78, 5) is 11.9. The predicted molar refractivity (Wildman–Crippen MR) is 79.7 cm³/mol. The van der Waals surface area contributed by atoms with Gasteiger partial charge in [-0.3, -0.25) is 0 Å². The molecule has 0 bridgehead atoms. The van der Waals surface area contributed by atoms with Crippen molar-refractivity contribution in [2.24, 2.45) is 0 Å². The SMILES string of the molecule is Cc1cc(C)c(NC(=O)Nc2ccccc2)c(C)c1. The van der Waals surface area contributed by atoms with Gasteiger partial charge in [0, 0.05) is 11.4 Å². The lowest BCUT2D eigenvalue weighted by molar-refractivity contribution is 0.262. The monoisotopic (exact) mass is 254 g/mol. The molecule has 0 atom stereocenters. The normalized spacial score (nSPS) is 10.1. The third kappa shape index (κ3) is 3.35. The van der Waals surface area contributed by atoms with E-state index in [4.69, 9.17) is 0 Å². The van der Waals surface area contributed by atoms with E-state index in [9.17, 15) is 4.79 Å². The van der Waals surface area contributed by atoms with Crippen molar-refractivity contribution in [3.8, 4) is 0 Å². The molecule has 2 aromatic carbocycles. The lowest BCUT2D eigenvalue weighted by Crippen LogP contribution is -2.20. The van der Waals surface area contributed by atoms with Gasteiger partial charge in [0.25, 0.3) is 0 Å². The molecule has 0 aliphatic carbocycles. The molecule has 19 heavy (non-hydrogen) atoms. The van der Waals surface area contributed by atoms with E-state index < -0.39 is 0 Å². The van der Waals surface area contributed by atoms with Crippen LogP contribution >= 0.6 is 0 Å². The van der Waals surface area contributed by atoms with Crippen molar-refractivity contribution < 1.29 is 4.79 Å². The summed E-state index contributed by atoms with van der Waals surface area (Å²) in [6.07, 6.45) is 0. The van der Waals surface area contributed by atoms with Gasteiger partial charge in [-0.25, -0.2) is 4.79 Å². The van der Waals surface area contributed by atoms with E-state index in [0.29, 0.717) is 0 Å². The van der Waals surface area contributed by atoms with Crippen LogP contribution in [0.1, 0.15) is 16.7 Å². The highest BCUT2D eigenvalue weighted by atomic mass is 16.2. The van der Waals surface area contributed by atoms with Crippen LogP contribution in [0.5, 0.6) is 0 Å². The van der Waals surface area contributed by atoms with Gasteiger partial charge in [0.05, 0.1) is 0 Å². The van der Waals surface area contributed by atoms with Crippen LogP contribution in [-0.4, -0.2) is 6.03 Å². The smallest absolute Gasteiger partial charge is 0.308 e. The Labute approximate surface area is 113 Å². The second kappa shape index (κ2) is 5.57. The summed E-state index contributed by atoms with van der Waals surface area (Å²) in [6, 6.07) is 13.3. The number of hydrogen-bond donors (Lipinski definition) is 2. The van der Waals surface area contributed by atoms with E-state index in [2.05, 4.69) is 22.8 Å². The summed E-state index contributed by atoms with van der Waals surface area (Å²) in [5.41, 5.74) is 4.99. The number of carbonyl (C=O) groups is 1. The van der Waals surface area contributed by atoms with Gasteiger partial charge in [-0.1, -0.05) is 35.9 Å². The van der Waals surface area contributed by atoms with Gasteiger partial charge in [0.15, 0.2) is 0 Å². The van der Waals surface area contributed by atoms with E-state index in [0.717, 1.165) is 22.5 Å². The molecule has 2 amide bonds. The number of benzene rings is 2. The van der Waals surface area contributed by atoms with Crippen LogP contribution in [0.4, 0.5) is 16.2 Å². The van der Waals surface area contributed by atoms with Crippen molar-refractivity contribution in [2.45, 2.75) is 20.8 Å². The van der Waals surface area contributed by atoms with Crippen molar-refractivity contribution >= 4 is 17.4 Å². The molecule has 0 aliphatic heterocycles. The minimum Gasteiger partial charge on any atom is -0.308 e. The number of rotatable bonds is 2. The van der Waals surface area contributed by atoms with Crippen LogP contribution < -0.4 is 10.6 Å². The van der Waals surface area contributed by atoms with Crippen LogP contribution in [0.2, 0.25) is 0 Å². The topological polar surface area (TPSA) is 41.1 Å². The number of nitrogens with one attached hydrogen (secondary N) is 2. The molecule has 0 fully saturated rings. The van der Waals surface area contributed by atoms with Crippen molar-refractivity contribution in [1.29, 1.82) is 0 Å². The third-order valence-electron chi connectivity index (χ3n) is 2.95. The first kappa shape index (κ1) is 13.1. The molecule has 0 spiro atoms. The predicted octanol–water partition coefficient (Wildman–Crippen LogP) is 4.26. The molecular formula is C16H18N2O. The summed E-state index contributed by atoms with van der Waals surface area (Å²) < 4.78 is 0. The molecule has 0 heterocycles. The maximum Gasteiger partial charge on any atom is 0.323 e. The molecule has 0 aromatic heterocycles. The van der Waals surface area contributed by atoms with Crippen LogP contribution in [0.15, 0.2) is 42.5 Å². The highest BCUT2D eigenvalue weighted by Gasteiger charge is 2.08. The lowest BCUT2D eigenvalue weighted by Gasteiger charge is -2.13.